The molecule has 0 N–H and O–H groups in total. The van der Waals surface area contributed by atoms with E-state index in [2.05, 4.69) is 0 Å². The van der Waals surface area contributed by atoms with Crippen LogP contribution in [0.4, 0.5) is 14.4 Å². The number of halogens is 8. The summed E-state index contributed by atoms with van der Waals surface area (Å²) in [7, 11) is 0. The van der Waals surface area contributed by atoms with Gasteiger partial charge >= 0.3 is 74.3 Å². The molecule has 0 atom stereocenters. The average molecular weight is 454 g/mol. The summed E-state index contributed by atoms with van der Waals surface area (Å²) >= 11 is 3.98. The Morgan fingerprint density at radius 1 is 0.667 bits per heavy atom. The summed E-state index contributed by atoms with van der Waals surface area (Å²) in [4.78, 5) is 0. The minimum atomic E-state index is -9.44. The van der Waals surface area contributed by atoms with Crippen molar-refractivity contribution in [3.8, 4) is 0 Å². The predicted octanol–water partition coefficient (Wildman–Crippen LogP) is 5.06. The first-order chi connectivity index (χ1) is 2.83. The van der Waals surface area contributed by atoms with Gasteiger partial charge < -0.3 is 0 Å². The predicted molar refractivity (Wildman–Crippen MR) is 40.1 cm³/mol. The normalized spacial score (nSPS) is 31.1. The second kappa shape index (κ2) is 0.931. The van der Waals surface area contributed by atoms with Crippen molar-refractivity contribution in [2.45, 2.75) is 0 Å². The van der Waals surface area contributed by atoms with Crippen molar-refractivity contribution in [3.05, 3.63) is 0 Å². The molecule has 0 bridgehead atoms. The van der Waals surface area contributed by atoms with Crippen LogP contribution >= 0.6 is 56.9 Å². The van der Waals surface area contributed by atoms with E-state index in [1.807, 2.05) is 0 Å². The Balaban J connectivity index is 5.84. The van der Waals surface area contributed by atoms with Gasteiger partial charge in [-0.1, -0.05) is 0 Å². The van der Waals surface area contributed by atoms with E-state index in [1.165, 1.54) is 0 Å². The molecule has 0 aliphatic carbocycles. The monoisotopic (exact) mass is 450 g/mol. The molecule has 0 aliphatic rings. The van der Waals surface area contributed by atoms with Gasteiger partial charge in [-0.3, -0.25) is 0 Å². The average Bonchev–Trinajstić information content (AvgIpc) is 0.503. The Morgan fingerprint density at radius 2 is 0.667 bits per heavy atom. The van der Waals surface area contributed by atoms with Crippen molar-refractivity contribution < 1.29 is 17.4 Å². The summed E-state index contributed by atoms with van der Waals surface area (Å²) in [6, 6.07) is 0. The van der Waals surface area contributed by atoms with Gasteiger partial charge in [-0.15, -0.1) is 0 Å². The Hall–Kier alpha value is 2.13. The molecule has 0 spiro atoms. The van der Waals surface area contributed by atoms with Crippen molar-refractivity contribution in [3.63, 3.8) is 0 Å². The fourth-order valence-corrected chi connectivity index (χ4v) is 0. The number of hydrogen-bond donors (Lipinski definition) is 0. The van der Waals surface area contributed by atoms with E-state index in [1.54, 1.807) is 0 Å². The molecule has 0 aromatic heterocycles. The van der Waals surface area contributed by atoms with E-state index in [9.17, 15) is 14.4 Å². The van der Waals surface area contributed by atoms with E-state index in [-0.39, 0.29) is 0 Å². The third-order valence-electron chi connectivity index (χ3n) is 0. The second-order valence-electron chi connectivity index (χ2n) is 1.26. The Labute approximate surface area is 73.5 Å². The second-order valence-corrected chi connectivity index (χ2v) is 46.8. The molecule has 0 amide bonds. The molecule has 0 aromatic carbocycles. The van der Waals surface area contributed by atoms with Gasteiger partial charge in [0.05, 0.1) is 0 Å². The van der Waals surface area contributed by atoms with Gasteiger partial charge in [0.2, 0.25) is 0 Å². The Morgan fingerprint density at radius 3 is 0.667 bits per heavy atom. The van der Waals surface area contributed by atoms with Crippen LogP contribution in [0.2, 0.25) is 0 Å². The molecule has 0 saturated heterocycles. The van der Waals surface area contributed by atoms with Crippen LogP contribution in [-0.4, -0.2) is 0 Å². The van der Waals surface area contributed by atoms with E-state index in [4.69, 9.17) is 0 Å². The molecule has 0 heterocycles. The summed E-state index contributed by atoms with van der Waals surface area (Å²) in [5, 5.41) is 0. The first kappa shape index (κ1) is 11.1. The summed E-state index contributed by atoms with van der Waals surface area (Å²) in [5.74, 6) is 0. The fourth-order valence-electron chi connectivity index (χ4n) is 0. The molecule has 66 valence electrons. The van der Waals surface area contributed by atoms with Crippen LogP contribution in [0, 0.1) is 0 Å². The Bertz CT molecular complexity index is 147. The third kappa shape index (κ3) is 147. The van der Waals surface area contributed by atoms with Crippen molar-refractivity contribution in [2.75, 3.05) is 0 Å². The molecule has 0 nitrogen and oxygen atoms in total. The molecule has 0 rings (SSSR count). The zero-order valence-electron chi connectivity index (χ0n) is 3.34. The summed E-state index contributed by atoms with van der Waals surface area (Å²) < 4.78 is 39.5. The van der Waals surface area contributed by atoms with E-state index < -0.39 is 2.97 Å². The SMILES string of the molecule is [F][Ni]([F])([F])([F])([Br])([Br])([Br])[Br]. The van der Waals surface area contributed by atoms with Crippen molar-refractivity contribution in [1.29, 1.82) is 0 Å². The van der Waals surface area contributed by atoms with Crippen molar-refractivity contribution in [1.82, 2.24) is 0 Å². The zero-order chi connectivity index (χ0) is 8.35. The molecular formula is Br4F4Ni. The van der Waals surface area contributed by atoms with Gasteiger partial charge in [-0.25, -0.2) is 0 Å². The fraction of sp³-hybridized carbons (Fsp3) is 0. The van der Waals surface area contributed by atoms with Gasteiger partial charge in [-0.2, -0.15) is 0 Å². The molecule has 0 fully saturated rings. The van der Waals surface area contributed by atoms with Crippen LogP contribution in [-0.2, 0) is 2.97 Å². The first-order valence-corrected chi connectivity index (χ1v) is 12.2. The van der Waals surface area contributed by atoms with E-state index >= 15 is 0 Å². The maximum atomic E-state index is 12.2. The maximum absolute atomic E-state index is 12.2. The quantitative estimate of drug-likeness (QED) is 0.355. The van der Waals surface area contributed by atoms with Gasteiger partial charge in [0.25, 0.3) is 0 Å². The van der Waals surface area contributed by atoms with Gasteiger partial charge in [-0.05, 0) is 0 Å². The van der Waals surface area contributed by atoms with Crippen LogP contribution in [0.3, 0.4) is 0 Å². The zero-order valence-corrected chi connectivity index (χ0v) is 10.7. The van der Waals surface area contributed by atoms with Crippen LogP contribution in [0.1, 0.15) is 0 Å². The van der Waals surface area contributed by atoms with Crippen LogP contribution in [0.15, 0.2) is 0 Å². The third-order valence-corrected chi connectivity index (χ3v) is 0. The molecule has 0 aliphatic heterocycles. The Kier molecular flexibility index (Phi) is 1.15. The summed E-state index contributed by atoms with van der Waals surface area (Å²) in [5.41, 5.74) is 0. The van der Waals surface area contributed by atoms with Crippen molar-refractivity contribution >= 4 is 56.9 Å². The van der Waals surface area contributed by atoms with Crippen molar-refractivity contribution in [2.24, 2.45) is 0 Å². The number of hydrogen-bond acceptors (Lipinski definition) is 0. The van der Waals surface area contributed by atoms with Gasteiger partial charge in [0, 0.05) is 0 Å². The molecular weight excluding hydrogens is 454 g/mol. The van der Waals surface area contributed by atoms with E-state index in [0.717, 1.165) is 56.9 Å². The standard InChI is InChI=1S/4BrH.4FH.Ni/h8*1H;/q;;;;;;;;+8/p-8. The molecule has 0 aromatic rings. The summed E-state index contributed by atoms with van der Waals surface area (Å²) in [6.07, 6.45) is 0. The van der Waals surface area contributed by atoms with Crippen LogP contribution in [0.5, 0.6) is 0 Å². The van der Waals surface area contributed by atoms with Crippen LogP contribution < -0.4 is 0 Å². The topological polar surface area (TPSA) is 0 Å². The summed E-state index contributed by atoms with van der Waals surface area (Å²) in [6.45, 7) is 0. The first-order valence-electron chi connectivity index (χ1n) is 0.956. The van der Waals surface area contributed by atoms with Crippen LogP contribution in [0.25, 0.3) is 0 Å². The molecule has 0 saturated carbocycles. The number of rotatable bonds is 0. The molecule has 0 unspecified atom stereocenters. The van der Waals surface area contributed by atoms with Gasteiger partial charge in [0.1, 0.15) is 0 Å². The molecule has 9 heavy (non-hydrogen) atoms. The van der Waals surface area contributed by atoms with E-state index in [0.29, 0.717) is 0 Å². The minimum absolute atomic E-state index is 0.995. The molecule has 0 radical (unpaired) electrons. The molecule has 9 heteroatoms. The van der Waals surface area contributed by atoms with Gasteiger partial charge in [0.15, 0.2) is 0 Å².